The van der Waals surface area contributed by atoms with E-state index >= 15 is 0 Å². The van der Waals surface area contributed by atoms with E-state index in [-0.39, 0.29) is 10.6 Å². The van der Waals surface area contributed by atoms with Gasteiger partial charge in [0.1, 0.15) is 4.90 Å². The van der Waals surface area contributed by atoms with Crippen LogP contribution in [0.2, 0.25) is 5.02 Å². The van der Waals surface area contributed by atoms with Gasteiger partial charge in [0.05, 0.1) is 11.4 Å². The first kappa shape index (κ1) is 13.6. The summed E-state index contributed by atoms with van der Waals surface area (Å²) in [5.41, 5.74) is 6.96. The van der Waals surface area contributed by atoms with Crippen molar-refractivity contribution < 1.29 is 8.42 Å². The third-order valence-electron chi connectivity index (χ3n) is 2.55. The van der Waals surface area contributed by atoms with Gasteiger partial charge in [0.2, 0.25) is 0 Å². The molecule has 100 valence electrons. The summed E-state index contributed by atoms with van der Waals surface area (Å²) in [6.45, 7) is 1.78. The molecule has 3 N–H and O–H groups in total. The highest BCUT2D eigenvalue weighted by molar-refractivity contribution is 7.92. The van der Waals surface area contributed by atoms with E-state index in [1.54, 1.807) is 25.1 Å². The van der Waals surface area contributed by atoms with Crippen LogP contribution in [0.4, 0.5) is 11.4 Å². The number of sulfonamides is 1. The van der Waals surface area contributed by atoms with Crippen molar-refractivity contribution in [2.24, 2.45) is 0 Å². The van der Waals surface area contributed by atoms with Gasteiger partial charge in [-0.05, 0) is 30.7 Å². The minimum Gasteiger partial charge on any atom is -0.398 e. The third-order valence-corrected chi connectivity index (χ3v) is 4.19. The number of nitrogen functional groups attached to an aromatic ring is 1. The highest BCUT2D eigenvalue weighted by Crippen LogP contribution is 2.24. The van der Waals surface area contributed by atoms with E-state index in [0.29, 0.717) is 10.7 Å². The van der Waals surface area contributed by atoms with Crippen LogP contribution in [0.15, 0.2) is 41.6 Å². The Morgan fingerprint density at radius 2 is 2.05 bits per heavy atom. The molecule has 0 bridgehead atoms. The first-order chi connectivity index (χ1) is 8.90. The first-order valence-corrected chi connectivity index (χ1v) is 7.25. The summed E-state index contributed by atoms with van der Waals surface area (Å²) in [4.78, 5) is 3.71. The molecule has 0 saturated heterocycles. The van der Waals surface area contributed by atoms with Crippen molar-refractivity contribution in [1.82, 2.24) is 4.98 Å². The number of benzene rings is 1. The van der Waals surface area contributed by atoms with Crippen LogP contribution in [0.25, 0.3) is 0 Å². The molecule has 1 aromatic heterocycles. The molecular weight excluding hydrogens is 286 g/mol. The van der Waals surface area contributed by atoms with Crippen LogP contribution in [-0.2, 0) is 10.0 Å². The van der Waals surface area contributed by atoms with Gasteiger partial charge in [-0.15, -0.1) is 0 Å². The Labute approximate surface area is 116 Å². The molecule has 0 aliphatic carbocycles. The van der Waals surface area contributed by atoms with Gasteiger partial charge in [0.25, 0.3) is 10.0 Å². The summed E-state index contributed by atoms with van der Waals surface area (Å²) in [5, 5.41) is 0.447. The van der Waals surface area contributed by atoms with Crippen molar-refractivity contribution in [2.45, 2.75) is 11.8 Å². The average Bonchev–Trinajstić information content (AvgIpc) is 2.34. The number of hydrogen-bond donors (Lipinski definition) is 2. The number of hydrogen-bond acceptors (Lipinski definition) is 4. The van der Waals surface area contributed by atoms with E-state index in [9.17, 15) is 8.42 Å². The lowest BCUT2D eigenvalue weighted by atomic mass is 10.2. The molecule has 5 nitrogen and oxygen atoms in total. The summed E-state index contributed by atoms with van der Waals surface area (Å²) in [7, 11) is -3.78. The zero-order valence-electron chi connectivity index (χ0n) is 10.1. The maximum Gasteiger partial charge on any atom is 0.265 e. The Hall–Kier alpha value is -1.79. The molecule has 0 atom stereocenters. The van der Waals surface area contributed by atoms with Gasteiger partial charge in [-0.2, -0.15) is 0 Å². The Morgan fingerprint density at radius 1 is 1.32 bits per heavy atom. The second-order valence-corrected chi connectivity index (χ2v) is 6.07. The van der Waals surface area contributed by atoms with E-state index in [2.05, 4.69) is 9.71 Å². The van der Waals surface area contributed by atoms with Crippen LogP contribution in [0.3, 0.4) is 0 Å². The van der Waals surface area contributed by atoms with Gasteiger partial charge < -0.3 is 5.73 Å². The summed E-state index contributed by atoms with van der Waals surface area (Å²) in [6.07, 6.45) is 2.64. The zero-order chi connectivity index (χ0) is 14.0. The van der Waals surface area contributed by atoms with Crippen molar-refractivity contribution in [1.29, 1.82) is 0 Å². The molecule has 1 aromatic carbocycles. The highest BCUT2D eigenvalue weighted by atomic mass is 35.5. The van der Waals surface area contributed by atoms with E-state index in [1.165, 1.54) is 18.5 Å². The normalized spacial score (nSPS) is 11.3. The second-order valence-electron chi connectivity index (χ2n) is 3.98. The predicted octanol–water partition coefficient (Wildman–Crippen LogP) is 2.43. The Balaban J connectivity index is 2.43. The van der Waals surface area contributed by atoms with Crippen molar-refractivity contribution in [3.8, 4) is 0 Å². The minimum atomic E-state index is -3.78. The average molecular weight is 298 g/mol. The third kappa shape index (κ3) is 2.97. The van der Waals surface area contributed by atoms with Gasteiger partial charge in [0, 0.05) is 17.4 Å². The Kier molecular flexibility index (Phi) is 3.64. The molecule has 0 spiro atoms. The van der Waals surface area contributed by atoms with E-state index in [4.69, 9.17) is 17.3 Å². The number of nitrogens with one attached hydrogen (secondary N) is 1. The topological polar surface area (TPSA) is 85.1 Å². The molecule has 0 aliphatic heterocycles. The Morgan fingerprint density at radius 3 is 2.74 bits per heavy atom. The fourth-order valence-electron chi connectivity index (χ4n) is 1.52. The summed E-state index contributed by atoms with van der Waals surface area (Å²) >= 11 is 5.85. The van der Waals surface area contributed by atoms with Crippen LogP contribution in [0.5, 0.6) is 0 Å². The number of halogens is 1. The Bertz CT molecular complexity index is 717. The SMILES string of the molecule is Cc1ccc(Cl)cc1NS(=O)(=O)c1cnccc1N. The van der Waals surface area contributed by atoms with Gasteiger partial charge in [-0.1, -0.05) is 17.7 Å². The van der Waals surface area contributed by atoms with Crippen molar-refractivity contribution >= 4 is 33.0 Å². The number of pyridine rings is 1. The van der Waals surface area contributed by atoms with Gasteiger partial charge in [-0.3, -0.25) is 9.71 Å². The van der Waals surface area contributed by atoms with Gasteiger partial charge in [-0.25, -0.2) is 8.42 Å². The lowest BCUT2D eigenvalue weighted by Gasteiger charge is -2.11. The van der Waals surface area contributed by atoms with Crippen molar-refractivity contribution in [2.75, 3.05) is 10.5 Å². The molecule has 0 unspecified atom stereocenters. The number of nitrogens with zero attached hydrogens (tertiary/aromatic N) is 1. The molecule has 1 heterocycles. The van der Waals surface area contributed by atoms with Gasteiger partial charge >= 0.3 is 0 Å². The molecule has 0 radical (unpaired) electrons. The fraction of sp³-hybridized carbons (Fsp3) is 0.0833. The smallest absolute Gasteiger partial charge is 0.265 e. The maximum absolute atomic E-state index is 12.2. The lowest BCUT2D eigenvalue weighted by molar-refractivity contribution is 0.601. The van der Waals surface area contributed by atoms with Crippen LogP contribution < -0.4 is 10.5 Å². The standard InChI is InChI=1S/C12H12ClN3O2S/c1-8-2-3-9(13)6-11(8)16-19(17,18)12-7-15-5-4-10(12)14/h2-7,16H,1H3,(H2,14,15). The maximum atomic E-state index is 12.2. The first-order valence-electron chi connectivity index (χ1n) is 5.38. The minimum absolute atomic E-state index is 0.0608. The lowest BCUT2D eigenvalue weighted by Crippen LogP contribution is -2.15. The summed E-state index contributed by atoms with van der Waals surface area (Å²) in [6, 6.07) is 6.39. The van der Waals surface area contributed by atoms with Crippen LogP contribution in [0, 0.1) is 6.92 Å². The summed E-state index contributed by atoms with van der Waals surface area (Å²) in [5.74, 6) is 0. The molecule has 2 aromatic rings. The van der Waals surface area contributed by atoms with E-state index < -0.39 is 10.0 Å². The molecule has 2 rings (SSSR count). The molecule has 0 saturated carbocycles. The van der Waals surface area contributed by atoms with Crippen molar-refractivity contribution in [3.05, 3.63) is 47.2 Å². The quantitative estimate of drug-likeness (QED) is 0.911. The number of aryl methyl sites for hydroxylation is 1. The van der Waals surface area contributed by atoms with E-state index in [0.717, 1.165) is 5.56 Å². The van der Waals surface area contributed by atoms with Gasteiger partial charge in [0.15, 0.2) is 0 Å². The second kappa shape index (κ2) is 5.07. The van der Waals surface area contributed by atoms with Crippen LogP contribution in [-0.4, -0.2) is 13.4 Å². The molecule has 0 amide bonds. The molecular formula is C12H12ClN3O2S. The predicted molar refractivity (Wildman–Crippen MR) is 75.6 cm³/mol. The number of aromatic nitrogens is 1. The van der Waals surface area contributed by atoms with Crippen molar-refractivity contribution in [3.63, 3.8) is 0 Å². The number of rotatable bonds is 3. The van der Waals surface area contributed by atoms with Crippen LogP contribution >= 0.6 is 11.6 Å². The zero-order valence-corrected chi connectivity index (χ0v) is 11.7. The molecule has 19 heavy (non-hydrogen) atoms. The molecule has 7 heteroatoms. The number of anilines is 2. The molecule has 0 aliphatic rings. The van der Waals surface area contributed by atoms with E-state index in [1.807, 2.05) is 0 Å². The molecule has 0 fully saturated rings. The summed E-state index contributed by atoms with van der Waals surface area (Å²) < 4.78 is 26.9. The fourth-order valence-corrected chi connectivity index (χ4v) is 2.89. The monoisotopic (exact) mass is 297 g/mol. The number of nitrogens with two attached hydrogens (primary N) is 1. The van der Waals surface area contributed by atoms with Crippen LogP contribution in [0.1, 0.15) is 5.56 Å². The largest absolute Gasteiger partial charge is 0.398 e. The highest BCUT2D eigenvalue weighted by Gasteiger charge is 2.18.